The Hall–Kier alpha value is -1.10. The van der Waals surface area contributed by atoms with Gasteiger partial charge < -0.3 is 15.4 Å². The molecule has 140 valence electrons. The number of carbonyl (C=O) groups is 1. The maximum Gasteiger partial charge on any atom is 0.230 e. The van der Waals surface area contributed by atoms with Crippen LogP contribution in [0.25, 0.3) is 0 Å². The highest BCUT2D eigenvalue weighted by atomic mass is 35.5. The van der Waals surface area contributed by atoms with Crippen molar-refractivity contribution in [2.24, 2.45) is 17.1 Å². The molecule has 0 unspecified atom stereocenters. The Morgan fingerprint density at radius 2 is 1.80 bits per heavy atom. The highest BCUT2D eigenvalue weighted by Crippen LogP contribution is 2.33. The Labute approximate surface area is 157 Å². The highest BCUT2D eigenvalue weighted by Gasteiger charge is 2.42. The van der Waals surface area contributed by atoms with E-state index in [4.69, 9.17) is 10.5 Å². The summed E-state index contributed by atoms with van der Waals surface area (Å²) in [5.41, 5.74) is 7.03. The van der Waals surface area contributed by atoms with Gasteiger partial charge in [0.15, 0.2) is 0 Å². The van der Waals surface area contributed by atoms with Gasteiger partial charge in [-0.05, 0) is 50.0 Å². The molecule has 0 saturated carbocycles. The lowest BCUT2D eigenvalue weighted by Crippen LogP contribution is -2.52. The third-order valence-corrected chi connectivity index (χ3v) is 5.88. The summed E-state index contributed by atoms with van der Waals surface area (Å²) in [6.07, 6.45) is 6.16. The van der Waals surface area contributed by atoms with Crippen molar-refractivity contribution in [2.45, 2.75) is 38.5 Å². The fourth-order valence-corrected chi connectivity index (χ4v) is 4.04. The van der Waals surface area contributed by atoms with Gasteiger partial charge in [-0.1, -0.05) is 30.3 Å². The second-order valence-corrected chi connectivity index (χ2v) is 7.36. The topological polar surface area (TPSA) is 55.6 Å². The molecule has 2 saturated heterocycles. The number of benzene rings is 1. The van der Waals surface area contributed by atoms with Gasteiger partial charge >= 0.3 is 0 Å². The van der Waals surface area contributed by atoms with E-state index in [-0.39, 0.29) is 23.7 Å². The molecule has 0 bridgehead atoms. The molecule has 0 spiro atoms. The molecule has 2 fully saturated rings. The molecule has 1 amide bonds. The van der Waals surface area contributed by atoms with E-state index < -0.39 is 0 Å². The molecule has 1 aromatic carbocycles. The van der Waals surface area contributed by atoms with Gasteiger partial charge in [-0.15, -0.1) is 12.4 Å². The van der Waals surface area contributed by atoms with Crippen molar-refractivity contribution >= 4 is 18.3 Å². The van der Waals surface area contributed by atoms with E-state index in [0.717, 1.165) is 51.1 Å². The zero-order chi connectivity index (χ0) is 16.8. The number of hydrogen-bond acceptors (Lipinski definition) is 3. The second kappa shape index (κ2) is 9.56. The average molecular weight is 367 g/mol. The summed E-state index contributed by atoms with van der Waals surface area (Å²) in [6.45, 7) is 3.55. The minimum absolute atomic E-state index is 0. The highest BCUT2D eigenvalue weighted by molar-refractivity contribution is 5.85. The summed E-state index contributed by atoms with van der Waals surface area (Å²) >= 11 is 0. The van der Waals surface area contributed by atoms with E-state index in [1.165, 1.54) is 12.0 Å². The first-order valence-corrected chi connectivity index (χ1v) is 9.35. The van der Waals surface area contributed by atoms with Crippen molar-refractivity contribution in [3.05, 3.63) is 35.9 Å². The number of nitrogens with zero attached hydrogens (tertiary/aromatic N) is 1. The largest absolute Gasteiger partial charge is 0.381 e. The number of aryl methyl sites for hydroxylation is 1. The van der Waals surface area contributed by atoms with Crippen LogP contribution in [-0.4, -0.2) is 43.7 Å². The van der Waals surface area contributed by atoms with Crippen LogP contribution >= 0.6 is 12.4 Å². The van der Waals surface area contributed by atoms with Crippen LogP contribution in [0.1, 0.15) is 37.7 Å². The predicted octanol–water partition coefficient (Wildman–Crippen LogP) is 3.04. The smallest absolute Gasteiger partial charge is 0.230 e. The van der Waals surface area contributed by atoms with Crippen molar-refractivity contribution in [3.8, 4) is 0 Å². The maximum absolute atomic E-state index is 13.0. The van der Waals surface area contributed by atoms with Crippen molar-refractivity contribution < 1.29 is 9.53 Å². The van der Waals surface area contributed by atoms with Crippen LogP contribution in [0.5, 0.6) is 0 Å². The molecule has 3 rings (SSSR count). The molecular weight excluding hydrogens is 336 g/mol. The van der Waals surface area contributed by atoms with Crippen molar-refractivity contribution in [3.63, 3.8) is 0 Å². The monoisotopic (exact) mass is 366 g/mol. The summed E-state index contributed by atoms with van der Waals surface area (Å²) in [7, 11) is 0. The molecule has 0 atom stereocenters. The third kappa shape index (κ3) is 4.96. The standard InChI is InChI=1S/C20H30N2O2.ClH/c21-16-20(10-14-24-15-11-20)19(23)22-12-8-18(9-13-22)7-6-17-4-2-1-3-5-17;/h1-5,18H,6-16,21H2;1H. The number of hydrogen-bond donors (Lipinski definition) is 1. The van der Waals surface area contributed by atoms with Gasteiger partial charge in [-0.2, -0.15) is 0 Å². The van der Waals surface area contributed by atoms with E-state index >= 15 is 0 Å². The molecule has 0 aromatic heterocycles. The van der Waals surface area contributed by atoms with Gasteiger partial charge in [0.1, 0.15) is 0 Å². The summed E-state index contributed by atoms with van der Waals surface area (Å²) in [5.74, 6) is 1.01. The molecule has 4 nitrogen and oxygen atoms in total. The summed E-state index contributed by atoms with van der Waals surface area (Å²) in [5, 5.41) is 0. The Morgan fingerprint density at radius 1 is 1.16 bits per heavy atom. The van der Waals surface area contributed by atoms with E-state index in [1.54, 1.807) is 0 Å². The third-order valence-electron chi connectivity index (χ3n) is 5.88. The van der Waals surface area contributed by atoms with Crippen LogP contribution in [-0.2, 0) is 16.0 Å². The van der Waals surface area contributed by atoms with Crippen molar-refractivity contribution in [2.75, 3.05) is 32.8 Å². The summed E-state index contributed by atoms with van der Waals surface area (Å²) in [4.78, 5) is 15.0. The van der Waals surface area contributed by atoms with E-state index in [9.17, 15) is 4.79 Å². The number of ether oxygens (including phenoxy) is 1. The maximum atomic E-state index is 13.0. The minimum atomic E-state index is -0.366. The Bertz CT molecular complexity index is 524. The van der Waals surface area contributed by atoms with Crippen LogP contribution in [0.3, 0.4) is 0 Å². The number of piperidine rings is 1. The lowest BCUT2D eigenvalue weighted by atomic mass is 9.78. The van der Waals surface area contributed by atoms with Gasteiger partial charge in [0, 0.05) is 32.8 Å². The van der Waals surface area contributed by atoms with Crippen LogP contribution < -0.4 is 5.73 Å². The van der Waals surface area contributed by atoms with Gasteiger partial charge in [0.05, 0.1) is 5.41 Å². The minimum Gasteiger partial charge on any atom is -0.381 e. The zero-order valence-electron chi connectivity index (χ0n) is 15.0. The van der Waals surface area contributed by atoms with Crippen LogP contribution in [0, 0.1) is 11.3 Å². The normalized spacial score (nSPS) is 20.8. The SMILES string of the molecule is Cl.NCC1(C(=O)N2CCC(CCc3ccccc3)CC2)CCOCC1. The number of likely N-dealkylation sites (tertiary alicyclic amines) is 1. The Balaban J connectivity index is 0.00000225. The Kier molecular flexibility index (Phi) is 7.73. The molecular formula is C20H31ClN2O2. The first-order chi connectivity index (χ1) is 11.7. The molecule has 0 radical (unpaired) electrons. The number of halogens is 1. The average Bonchev–Trinajstić information content (AvgIpc) is 2.67. The number of rotatable bonds is 5. The number of carbonyl (C=O) groups excluding carboxylic acids is 1. The molecule has 2 aliphatic heterocycles. The van der Waals surface area contributed by atoms with E-state index in [1.807, 2.05) is 0 Å². The summed E-state index contributed by atoms with van der Waals surface area (Å²) < 4.78 is 5.43. The predicted molar refractivity (Wildman–Crippen MR) is 103 cm³/mol. The van der Waals surface area contributed by atoms with Gasteiger partial charge in [-0.25, -0.2) is 0 Å². The lowest BCUT2D eigenvalue weighted by molar-refractivity contribution is -0.148. The summed E-state index contributed by atoms with van der Waals surface area (Å²) in [6, 6.07) is 10.7. The van der Waals surface area contributed by atoms with Crippen LogP contribution in [0.2, 0.25) is 0 Å². The van der Waals surface area contributed by atoms with Gasteiger partial charge in [0.2, 0.25) is 5.91 Å². The number of amides is 1. The molecule has 5 heteroatoms. The molecule has 25 heavy (non-hydrogen) atoms. The Morgan fingerprint density at radius 3 is 2.40 bits per heavy atom. The molecule has 2 heterocycles. The van der Waals surface area contributed by atoms with Crippen molar-refractivity contribution in [1.29, 1.82) is 0 Å². The van der Waals surface area contributed by atoms with Crippen LogP contribution in [0.15, 0.2) is 30.3 Å². The molecule has 2 N–H and O–H groups in total. The first-order valence-electron chi connectivity index (χ1n) is 9.35. The molecule has 1 aromatic rings. The lowest BCUT2D eigenvalue weighted by Gasteiger charge is -2.41. The first kappa shape index (κ1) is 20.2. The van der Waals surface area contributed by atoms with Gasteiger partial charge in [-0.3, -0.25) is 4.79 Å². The quantitative estimate of drug-likeness (QED) is 0.871. The van der Waals surface area contributed by atoms with Crippen LogP contribution in [0.4, 0.5) is 0 Å². The molecule has 0 aliphatic carbocycles. The molecule has 2 aliphatic rings. The van der Waals surface area contributed by atoms with Crippen molar-refractivity contribution in [1.82, 2.24) is 4.90 Å². The zero-order valence-corrected chi connectivity index (χ0v) is 15.8. The van der Waals surface area contributed by atoms with E-state index in [0.29, 0.717) is 19.8 Å². The van der Waals surface area contributed by atoms with Gasteiger partial charge in [0.25, 0.3) is 0 Å². The fourth-order valence-electron chi connectivity index (χ4n) is 4.04. The fraction of sp³-hybridized carbons (Fsp3) is 0.650. The van der Waals surface area contributed by atoms with E-state index in [2.05, 4.69) is 35.2 Å². The second-order valence-electron chi connectivity index (χ2n) is 7.36. The number of nitrogens with two attached hydrogens (primary N) is 1.